The van der Waals surface area contributed by atoms with Crippen molar-refractivity contribution in [2.24, 2.45) is 7.05 Å². The van der Waals surface area contributed by atoms with Gasteiger partial charge in [-0.05, 0) is 43.7 Å². The summed E-state index contributed by atoms with van der Waals surface area (Å²) in [4.78, 5) is 0. The fourth-order valence-corrected chi connectivity index (χ4v) is 2.68. The van der Waals surface area contributed by atoms with Crippen LogP contribution in [0, 0.1) is 13.8 Å². The highest BCUT2D eigenvalue weighted by molar-refractivity contribution is 9.10. The second kappa shape index (κ2) is 5.37. The highest BCUT2D eigenvalue weighted by atomic mass is 79.9. The summed E-state index contributed by atoms with van der Waals surface area (Å²) in [5.74, 6) is 0. The van der Waals surface area contributed by atoms with E-state index in [4.69, 9.17) is 11.6 Å². The van der Waals surface area contributed by atoms with Crippen LogP contribution in [0.15, 0.2) is 28.7 Å². The van der Waals surface area contributed by atoms with Gasteiger partial charge >= 0.3 is 0 Å². The minimum Gasteiger partial charge on any atom is -0.380 e. The van der Waals surface area contributed by atoms with Crippen LogP contribution in [0.3, 0.4) is 0 Å². The lowest BCUT2D eigenvalue weighted by Gasteiger charge is -2.09. The molecule has 2 rings (SSSR count). The molecule has 0 fully saturated rings. The first-order valence-electron chi connectivity index (χ1n) is 5.79. The van der Waals surface area contributed by atoms with Crippen LogP contribution in [0.1, 0.15) is 17.0 Å². The molecule has 18 heavy (non-hydrogen) atoms. The minimum atomic E-state index is 0.731. The SMILES string of the molecule is Cc1cc(CNc2ccc(Br)cc2Cl)c(C)n1C. The molecule has 0 spiro atoms. The standard InChI is InChI=1S/C14H16BrClN2/c1-9-6-11(10(2)18(9)3)8-17-14-5-4-12(15)7-13(14)16/h4-7,17H,8H2,1-3H3. The van der Waals surface area contributed by atoms with Crippen molar-refractivity contribution in [3.63, 3.8) is 0 Å². The van der Waals surface area contributed by atoms with Gasteiger partial charge < -0.3 is 9.88 Å². The fraction of sp³-hybridized carbons (Fsp3) is 0.286. The third-order valence-corrected chi connectivity index (χ3v) is 4.09. The zero-order chi connectivity index (χ0) is 13.3. The van der Waals surface area contributed by atoms with E-state index in [9.17, 15) is 0 Å². The predicted molar refractivity (Wildman–Crippen MR) is 81.4 cm³/mol. The first-order chi connectivity index (χ1) is 8.49. The molecule has 0 saturated carbocycles. The van der Waals surface area contributed by atoms with Gasteiger partial charge in [0.1, 0.15) is 0 Å². The average molecular weight is 328 g/mol. The van der Waals surface area contributed by atoms with E-state index in [0.29, 0.717) is 0 Å². The largest absolute Gasteiger partial charge is 0.380 e. The number of aromatic nitrogens is 1. The first-order valence-corrected chi connectivity index (χ1v) is 6.97. The minimum absolute atomic E-state index is 0.731. The topological polar surface area (TPSA) is 17.0 Å². The molecule has 2 nitrogen and oxygen atoms in total. The van der Waals surface area contributed by atoms with Crippen LogP contribution >= 0.6 is 27.5 Å². The number of nitrogens with one attached hydrogen (secondary N) is 1. The van der Waals surface area contributed by atoms with E-state index in [1.165, 1.54) is 17.0 Å². The van der Waals surface area contributed by atoms with E-state index in [0.717, 1.165) is 21.7 Å². The molecule has 0 atom stereocenters. The summed E-state index contributed by atoms with van der Waals surface area (Å²) >= 11 is 9.58. The Bertz CT molecular complexity index is 575. The van der Waals surface area contributed by atoms with Crippen molar-refractivity contribution in [1.82, 2.24) is 4.57 Å². The smallest absolute Gasteiger partial charge is 0.0648 e. The number of aryl methyl sites for hydroxylation is 1. The molecule has 1 aromatic carbocycles. The van der Waals surface area contributed by atoms with Gasteiger partial charge in [0.15, 0.2) is 0 Å². The number of nitrogens with zero attached hydrogens (tertiary/aromatic N) is 1. The summed E-state index contributed by atoms with van der Waals surface area (Å²) in [7, 11) is 2.08. The van der Waals surface area contributed by atoms with Crippen LogP contribution in [-0.2, 0) is 13.6 Å². The number of rotatable bonds is 3. The van der Waals surface area contributed by atoms with Gasteiger partial charge in [-0.25, -0.2) is 0 Å². The molecule has 1 aromatic heterocycles. The van der Waals surface area contributed by atoms with Gasteiger partial charge in [-0.3, -0.25) is 0 Å². The van der Waals surface area contributed by atoms with Crippen molar-refractivity contribution >= 4 is 33.2 Å². The average Bonchev–Trinajstić information content (AvgIpc) is 2.56. The fourth-order valence-electron chi connectivity index (χ4n) is 1.94. The summed E-state index contributed by atoms with van der Waals surface area (Å²) in [6.45, 7) is 5.03. The molecular weight excluding hydrogens is 312 g/mol. The molecule has 0 unspecified atom stereocenters. The van der Waals surface area contributed by atoms with Crippen molar-refractivity contribution < 1.29 is 0 Å². The number of halogens is 2. The second-order valence-electron chi connectivity index (χ2n) is 4.43. The quantitative estimate of drug-likeness (QED) is 0.867. The lowest BCUT2D eigenvalue weighted by atomic mass is 10.2. The summed E-state index contributed by atoms with van der Waals surface area (Å²) in [6.07, 6.45) is 0. The van der Waals surface area contributed by atoms with E-state index < -0.39 is 0 Å². The summed E-state index contributed by atoms with van der Waals surface area (Å²) in [6, 6.07) is 8.07. The van der Waals surface area contributed by atoms with Gasteiger partial charge in [-0.1, -0.05) is 27.5 Å². The molecule has 0 radical (unpaired) electrons. The Labute approximate surface area is 121 Å². The summed E-state index contributed by atoms with van der Waals surface area (Å²) in [5, 5.41) is 4.10. The van der Waals surface area contributed by atoms with Crippen molar-refractivity contribution in [3.8, 4) is 0 Å². The molecule has 1 heterocycles. The monoisotopic (exact) mass is 326 g/mol. The van der Waals surface area contributed by atoms with Crippen LogP contribution in [0.4, 0.5) is 5.69 Å². The van der Waals surface area contributed by atoms with E-state index in [1.54, 1.807) is 0 Å². The van der Waals surface area contributed by atoms with E-state index >= 15 is 0 Å². The molecular formula is C14H16BrClN2. The van der Waals surface area contributed by atoms with Gasteiger partial charge in [-0.2, -0.15) is 0 Å². The van der Waals surface area contributed by atoms with Gasteiger partial charge in [0.05, 0.1) is 10.7 Å². The van der Waals surface area contributed by atoms with Gasteiger partial charge in [0, 0.05) is 29.5 Å². The Balaban J connectivity index is 2.14. The van der Waals surface area contributed by atoms with Crippen molar-refractivity contribution in [2.75, 3.05) is 5.32 Å². The number of benzene rings is 1. The first kappa shape index (κ1) is 13.5. The maximum Gasteiger partial charge on any atom is 0.0648 e. The van der Waals surface area contributed by atoms with E-state index in [2.05, 4.69) is 52.8 Å². The highest BCUT2D eigenvalue weighted by Crippen LogP contribution is 2.26. The molecule has 0 aliphatic heterocycles. The maximum atomic E-state index is 6.17. The van der Waals surface area contributed by atoms with Gasteiger partial charge in [0.2, 0.25) is 0 Å². The number of anilines is 1. The molecule has 96 valence electrons. The van der Waals surface area contributed by atoms with Crippen molar-refractivity contribution in [2.45, 2.75) is 20.4 Å². The van der Waals surface area contributed by atoms with Crippen LogP contribution in [0.2, 0.25) is 5.02 Å². The van der Waals surface area contributed by atoms with Crippen LogP contribution < -0.4 is 5.32 Å². The molecule has 0 amide bonds. The maximum absolute atomic E-state index is 6.17. The third-order valence-electron chi connectivity index (χ3n) is 3.28. The molecule has 0 aliphatic carbocycles. The van der Waals surface area contributed by atoms with Crippen LogP contribution in [0.25, 0.3) is 0 Å². The Morgan fingerprint density at radius 2 is 2.00 bits per heavy atom. The Hall–Kier alpha value is -0.930. The normalized spacial score (nSPS) is 10.7. The Kier molecular flexibility index (Phi) is 4.03. The van der Waals surface area contributed by atoms with E-state index in [1.807, 2.05) is 18.2 Å². The lowest BCUT2D eigenvalue weighted by molar-refractivity contribution is 0.837. The molecule has 1 N–H and O–H groups in total. The van der Waals surface area contributed by atoms with E-state index in [-0.39, 0.29) is 0 Å². The second-order valence-corrected chi connectivity index (χ2v) is 5.76. The molecule has 4 heteroatoms. The zero-order valence-corrected chi connectivity index (χ0v) is 13.1. The van der Waals surface area contributed by atoms with Crippen LogP contribution in [-0.4, -0.2) is 4.57 Å². The van der Waals surface area contributed by atoms with Crippen molar-refractivity contribution in [3.05, 3.63) is 50.7 Å². The molecule has 0 aliphatic rings. The van der Waals surface area contributed by atoms with Gasteiger partial charge in [0.25, 0.3) is 0 Å². The number of hydrogen-bond donors (Lipinski definition) is 1. The zero-order valence-electron chi connectivity index (χ0n) is 10.7. The molecule has 0 saturated heterocycles. The highest BCUT2D eigenvalue weighted by Gasteiger charge is 2.06. The Morgan fingerprint density at radius 3 is 2.56 bits per heavy atom. The van der Waals surface area contributed by atoms with Gasteiger partial charge in [-0.15, -0.1) is 0 Å². The van der Waals surface area contributed by atoms with Crippen molar-refractivity contribution in [1.29, 1.82) is 0 Å². The summed E-state index contributed by atoms with van der Waals surface area (Å²) < 4.78 is 3.19. The Morgan fingerprint density at radius 1 is 1.28 bits per heavy atom. The molecule has 0 bridgehead atoms. The third kappa shape index (κ3) is 2.73. The summed E-state index contributed by atoms with van der Waals surface area (Å²) in [5.41, 5.74) is 4.81. The predicted octanol–water partition coefficient (Wildman–Crippen LogP) is 4.67. The molecule has 2 aromatic rings. The van der Waals surface area contributed by atoms with Crippen LogP contribution in [0.5, 0.6) is 0 Å². The lowest BCUT2D eigenvalue weighted by Crippen LogP contribution is -2.01. The number of hydrogen-bond acceptors (Lipinski definition) is 1.